The number of benzene rings is 1. The molecule has 0 unspecified atom stereocenters. The zero-order chi connectivity index (χ0) is 15.6. The second kappa shape index (κ2) is 6.20. The second-order valence-electron chi connectivity index (χ2n) is 6.59. The van der Waals surface area contributed by atoms with Gasteiger partial charge in [-0.25, -0.2) is 0 Å². The van der Waals surface area contributed by atoms with Crippen molar-refractivity contribution in [3.8, 4) is 0 Å². The van der Waals surface area contributed by atoms with Gasteiger partial charge in [-0.1, -0.05) is 33.8 Å². The lowest BCUT2D eigenvalue weighted by Crippen LogP contribution is -2.12. The van der Waals surface area contributed by atoms with Crippen LogP contribution in [0.2, 0.25) is 0 Å². The molecule has 116 valence electrons. The average molecular weight is 289 g/mol. The molecule has 3 heteroatoms. The minimum atomic E-state index is 0.0581. The van der Waals surface area contributed by atoms with Crippen LogP contribution < -0.4 is 5.32 Å². The van der Waals surface area contributed by atoms with E-state index in [4.69, 9.17) is 9.15 Å². The molecule has 1 aromatic heterocycles. The van der Waals surface area contributed by atoms with E-state index in [2.05, 4.69) is 45.1 Å². The van der Waals surface area contributed by atoms with Crippen molar-refractivity contribution < 1.29 is 9.15 Å². The fraction of sp³-hybridized carbons (Fsp3) is 0.556. The molecule has 0 aliphatic heterocycles. The molecule has 0 atom stereocenters. The number of rotatable bonds is 5. The predicted molar refractivity (Wildman–Crippen MR) is 87.8 cm³/mol. The van der Waals surface area contributed by atoms with E-state index in [0.29, 0.717) is 6.61 Å². The van der Waals surface area contributed by atoms with Gasteiger partial charge in [0.1, 0.15) is 11.3 Å². The van der Waals surface area contributed by atoms with Gasteiger partial charge in [0.15, 0.2) is 0 Å². The van der Waals surface area contributed by atoms with Crippen molar-refractivity contribution in [2.75, 3.05) is 14.2 Å². The maximum absolute atomic E-state index is 6.21. The molecule has 3 nitrogen and oxygen atoms in total. The van der Waals surface area contributed by atoms with Crippen molar-refractivity contribution >= 4 is 11.0 Å². The van der Waals surface area contributed by atoms with Crippen molar-refractivity contribution in [3.63, 3.8) is 0 Å². The van der Waals surface area contributed by atoms with Crippen LogP contribution in [0.1, 0.15) is 50.1 Å². The van der Waals surface area contributed by atoms with Gasteiger partial charge in [0.25, 0.3) is 0 Å². The van der Waals surface area contributed by atoms with Crippen LogP contribution in [0.4, 0.5) is 0 Å². The van der Waals surface area contributed by atoms with Gasteiger partial charge < -0.3 is 14.5 Å². The monoisotopic (exact) mass is 289 g/mol. The van der Waals surface area contributed by atoms with Crippen LogP contribution in [0.25, 0.3) is 11.0 Å². The summed E-state index contributed by atoms with van der Waals surface area (Å²) in [6.45, 7) is 10.2. The summed E-state index contributed by atoms with van der Waals surface area (Å²) >= 11 is 0. The van der Waals surface area contributed by atoms with E-state index in [1.807, 2.05) is 7.05 Å². The van der Waals surface area contributed by atoms with Gasteiger partial charge in [-0.05, 0) is 30.5 Å². The number of furan rings is 1. The van der Waals surface area contributed by atoms with Crippen LogP contribution >= 0.6 is 0 Å². The molecule has 2 aromatic rings. The zero-order valence-corrected chi connectivity index (χ0v) is 14.1. The number of ether oxygens (including phenoxy) is 1. The molecular formula is C18H27NO2. The van der Waals surface area contributed by atoms with Crippen LogP contribution in [0.3, 0.4) is 0 Å². The first-order valence-corrected chi connectivity index (χ1v) is 7.63. The summed E-state index contributed by atoms with van der Waals surface area (Å²) in [5.74, 6) is 0.980. The van der Waals surface area contributed by atoms with E-state index >= 15 is 0 Å². The lowest BCUT2D eigenvalue weighted by molar-refractivity contribution is 0.183. The van der Waals surface area contributed by atoms with E-state index in [-0.39, 0.29) is 5.41 Å². The van der Waals surface area contributed by atoms with Crippen LogP contribution in [-0.2, 0) is 29.7 Å². The molecule has 1 N–H and O–H groups in total. The number of aryl methyl sites for hydroxylation is 1. The van der Waals surface area contributed by atoms with E-state index in [0.717, 1.165) is 24.3 Å². The number of fused-ring (bicyclic) bond motifs is 1. The molecule has 0 aliphatic rings. The lowest BCUT2D eigenvalue weighted by atomic mass is 9.84. The van der Waals surface area contributed by atoms with Gasteiger partial charge in [0.05, 0.1) is 13.2 Å². The Morgan fingerprint density at radius 1 is 1.24 bits per heavy atom. The fourth-order valence-electron chi connectivity index (χ4n) is 2.72. The van der Waals surface area contributed by atoms with Gasteiger partial charge in [0.2, 0.25) is 0 Å². The predicted octanol–water partition coefficient (Wildman–Crippen LogP) is 4.16. The van der Waals surface area contributed by atoms with E-state index in [9.17, 15) is 0 Å². The third kappa shape index (κ3) is 3.14. The lowest BCUT2D eigenvalue weighted by Gasteiger charge is -2.20. The highest BCUT2D eigenvalue weighted by molar-refractivity contribution is 5.86. The Kier molecular flexibility index (Phi) is 4.74. The topological polar surface area (TPSA) is 34.4 Å². The quantitative estimate of drug-likeness (QED) is 0.897. The molecule has 0 fully saturated rings. The summed E-state index contributed by atoms with van der Waals surface area (Å²) in [4.78, 5) is 0. The van der Waals surface area contributed by atoms with Crippen LogP contribution in [0, 0.1) is 0 Å². The Morgan fingerprint density at radius 2 is 1.95 bits per heavy atom. The first kappa shape index (κ1) is 16.1. The Labute approximate surface area is 127 Å². The summed E-state index contributed by atoms with van der Waals surface area (Å²) < 4.78 is 11.6. The third-order valence-electron chi connectivity index (χ3n) is 3.88. The maximum atomic E-state index is 6.21. The van der Waals surface area contributed by atoms with Gasteiger partial charge >= 0.3 is 0 Å². The molecule has 2 rings (SSSR count). The number of hydrogen-bond acceptors (Lipinski definition) is 3. The second-order valence-corrected chi connectivity index (χ2v) is 6.59. The number of methoxy groups -OCH3 is 1. The van der Waals surface area contributed by atoms with E-state index < -0.39 is 0 Å². The maximum Gasteiger partial charge on any atom is 0.138 e. The van der Waals surface area contributed by atoms with Crippen molar-refractivity contribution in [1.29, 1.82) is 0 Å². The van der Waals surface area contributed by atoms with E-state index in [1.54, 1.807) is 7.11 Å². The third-order valence-corrected chi connectivity index (χ3v) is 3.88. The van der Waals surface area contributed by atoms with Crippen LogP contribution in [0.15, 0.2) is 16.5 Å². The molecule has 0 radical (unpaired) electrons. The van der Waals surface area contributed by atoms with Crippen LogP contribution in [-0.4, -0.2) is 14.2 Å². The van der Waals surface area contributed by atoms with Crippen molar-refractivity contribution in [2.45, 2.75) is 52.7 Å². The minimum Gasteiger partial charge on any atom is -0.459 e. The SMILES string of the molecule is CCc1cc(C(C)(C)C)c2oc(CNC)c(COC)c2c1. The molecule has 1 aromatic carbocycles. The normalized spacial score (nSPS) is 12.3. The first-order chi connectivity index (χ1) is 9.92. The molecule has 0 saturated carbocycles. The summed E-state index contributed by atoms with van der Waals surface area (Å²) in [7, 11) is 3.67. The average Bonchev–Trinajstić information content (AvgIpc) is 2.75. The zero-order valence-electron chi connectivity index (χ0n) is 14.1. The molecule has 1 heterocycles. The van der Waals surface area contributed by atoms with Gasteiger partial charge in [-0.15, -0.1) is 0 Å². The highest BCUT2D eigenvalue weighted by atomic mass is 16.5. The van der Waals surface area contributed by atoms with Gasteiger partial charge in [0, 0.05) is 23.6 Å². The first-order valence-electron chi connectivity index (χ1n) is 7.63. The summed E-state index contributed by atoms with van der Waals surface area (Å²) in [5.41, 5.74) is 4.86. The van der Waals surface area contributed by atoms with E-state index in [1.165, 1.54) is 22.1 Å². The molecular weight excluding hydrogens is 262 g/mol. The minimum absolute atomic E-state index is 0.0581. The molecule has 21 heavy (non-hydrogen) atoms. The Morgan fingerprint density at radius 3 is 2.48 bits per heavy atom. The highest BCUT2D eigenvalue weighted by Crippen LogP contribution is 2.36. The number of nitrogens with one attached hydrogen (secondary N) is 1. The Bertz CT molecular complexity index is 620. The largest absolute Gasteiger partial charge is 0.459 e. The van der Waals surface area contributed by atoms with Crippen molar-refractivity contribution in [3.05, 3.63) is 34.6 Å². The molecule has 0 bridgehead atoms. The standard InChI is InChI=1S/C18H27NO2/c1-7-12-8-13-14(11-20-6)16(10-19-5)21-17(13)15(9-12)18(2,3)4/h8-9,19H,7,10-11H2,1-6H3. The Hall–Kier alpha value is -1.32. The van der Waals surface area contributed by atoms with Crippen molar-refractivity contribution in [2.24, 2.45) is 0 Å². The summed E-state index contributed by atoms with van der Waals surface area (Å²) in [6.07, 6.45) is 1.03. The number of hydrogen-bond donors (Lipinski definition) is 1. The smallest absolute Gasteiger partial charge is 0.138 e. The van der Waals surface area contributed by atoms with Crippen LogP contribution in [0.5, 0.6) is 0 Å². The van der Waals surface area contributed by atoms with Gasteiger partial charge in [-0.3, -0.25) is 0 Å². The fourth-order valence-corrected chi connectivity index (χ4v) is 2.72. The van der Waals surface area contributed by atoms with Crippen molar-refractivity contribution in [1.82, 2.24) is 5.32 Å². The summed E-state index contributed by atoms with van der Waals surface area (Å²) in [6, 6.07) is 4.53. The molecule has 0 amide bonds. The summed E-state index contributed by atoms with van der Waals surface area (Å²) in [5, 5.41) is 4.38. The molecule has 0 aliphatic carbocycles. The highest BCUT2D eigenvalue weighted by Gasteiger charge is 2.23. The Balaban J connectivity index is 2.77. The molecule has 0 spiro atoms. The van der Waals surface area contributed by atoms with Gasteiger partial charge in [-0.2, -0.15) is 0 Å². The molecule has 0 saturated heterocycles.